The third-order valence-electron chi connectivity index (χ3n) is 2.92. The Bertz CT molecular complexity index is 806. The number of hydrogen-bond donors (Lipinski definition) is 0. The Morgan fingerprint density at radius 3 is 2.52 bits per heavy atom. The second-order valence-corrected chi connectivity index (χ2v) is 8.38. The van der Waals surface area contributed by atoms with Crippen LogP contribution in [0.2, 0.25) is 0 Å². The van der Waals surface area contributed by atoms with Gasteiger partial charge in [0.2, 0.25) is 0 Å². The van der Waals surface area contributed by atoms with Crippen molar-refractivity contribution in [1.82, 2.24) is 4.98 Å². The van der Waals surface area contributed by atoms with E-state index in [1.54, 1.807) is 11.3 Å². The van der Waals surface area contributed by atoms with Crippen LogP contribution in [0.4, 0.5) is 0 Å². The summed E-state index contributed by atoms with van der Waals surface area (Å²) in [6, 6.07) is 11.2. The average Bonchev–Trinajstić information content (AvgIpc) is 3.09. The lowest BCUT2D eigenvalue weighted by molar-refractivity contribution is 0.594. The fraction of sp³-hybridized carbons (Fsp3) is 0.133. The zero-order chi connectivity index (χ0) is 14.7. The smallest absolute Gasteiger partial charge is 0.160 e. The number of thiophene rings is 1. The third-order valence-corrected chi connectivity index (χ3v) is 6.05. The summed E-state index contributed by atoms with van der Waals surface area (Å²) in [6.07, 6.45) is 0. The van der Waals surface area contributed by atoms with Gasteiger partial charge in [-0.25, -0.2) is 13.4 Å². The van der Waals surface area contributed by atoms with Gasteiger partial charge in [-0.15, -0.1) is 11.3 Å². The van der Waals surface area contributed by atoms with E-state index in [-0.39, 0.29) is 11.5 Å². The Morgan fingerprint density at radius 1 is 1.00 bits per heavy atom. The molecule has 6 heteroatoms. The molecule has 0 amide bonds. The predicted octanol–water partition coefficient (Wildman–Crippen LogP) is 3.99. The number of aromatic nitrogens is 1. The highest BCUT2D eigenvalue weighted by Gasteiger charge is 2.16. The van der Waals surface area contributed by atoms with E-state index in [9.17, 15) is 8.42 Å². The fourth-order valence-electron chi connectivity index (χ4n) is 2.00. The van der Waals surface area contributed by atoms with Crippen LogP contribution in [0.1, 0.15) is 11.3 Å². The molecule has 0 saturated heterocycles. The monoisotopic (exact) mass is 335 g/mol. The molecule has 0 aliphatic rings. The van der Waals surface area contributed by atoms with Crippen molar-refractivity contribution in [3.8, 4) is 10.6 Å². The Balaban J connectivity index is 1.74. The van der Waals surface area contributed by atoms with Crippen LogP contribution < -0.4 is 0 Å². The summed E-state index contributed by atoms with van der Waals surface area (Å²) in [5.74, 6) is 0.0433. The summed E-state index contributed by atoms with van der Waals surface area (Å²) in [4.78, 5) is 4.43. The molecule has 108 valence electrons. The minimum atomic E-state index is -3.20. The quantitative estimate of drug-likeness (QED) is 0.708. The molecule has 0 fully saturated rings. The highest BCUT2D eigenvalue weighted by atomic mass is 32.2. The Morgan fingerprint density at radius 2 is 1.81 bits per heavy atom. The van der Waals surface area contributed by atoms with Gasteiger partial charge in [-0.05, 0) is 17.0 Å². The number of nitrogens with zero attached hydrogens (tertiary/aromatic N) is 1. The molecule has 0 bridgehead atoms. The normalized spacial score (nSPS) is 11.6. The van der Waals surface area contributed by atoms with Crippen LogP contribution in [-0.2, 0) is 21.3 Å². The van der Waals surface area contributed by atoms with Gasteiger partial charge >= 0.3 is 0 Å². The lowest BCUT2D eigenvalue weighted by Gasteiger charge is -2.02. The molecule has 2 aromatic heterocycles. The molecule has 0 N–H and O–H groups in total. The standard InChI is InChI=1S/C15H13NO2S3/c17-21(18,10-12-4-2-1-3-5-12)11-14-9-20-15(16-14)13-6-7-19-8-13/h1-9H,10-11H2. The van der Waals surface area contributed by atoms with Gasteiger partial charge in [0, 0.05) is 16.3 Å². The van der Waals surface area contributed by atoms with Gasteiger partial charge in [-0.1, -0.05) is 30.3 Å². The van der Waals surface area contributed by atoms with Gasteiger partial charge in [0.25, 0.3) is 0 Å². The fourth-order valence-corrected chi connectivity index (χ4v) is 5.03. The van der Waals surface area contributed by atoms with Crippen molar-refractivity contribution in [2.75, 3.05) is 0 Å². The molecule has 3 nitrogen and oxygen atoms in total. The minimum absolute atomic E-state index is 0.0114. The minimum Gasteiger partial charge on any atom is -0.240 e. The third kappa shape index (κ3) is 3.78. The van der Waals surface area contributed by atoms with Crippen molar-refractivity contribution in [2.45, 2.75) is 11.5 Å². The molecule has 0 spiro atoms. The lowest BCUT2D eigenvalue weighted by Crippen LogP contribution is -2.07. The molecule has 0 saturated carbocycles. The molecule has 2 heterocycles. The van der Waals surface area contributed by atoms with E-state index in [0.717, 1.165) is 16.1 Å². The van der Waals surface area contributed by atoms with Gasteiger partial charge in [0.1, 0.15) is 5.01 Å². The van der Waals surface area contributed by atoms with Gasteiger partial charge < -0.3 is 0 Å². The van der Waals surface area contributed by atoms with E-state index >= 15 is 0 Å². The van der Waals surface area contributed by atoms with Gasteiger partial charge in [0.15, 0.2) is 9.84 Å². The van der Waals surface area contributed by atoms with Crippen LogP contribution in [0.25, 0.3) is 10.6 Å². The summed E-state index contributed by atoms with van der Waals surface area (Å²) in [5.41, 5.74) is 2.49. The summed E-state index contributed by atoms with van der Waals surface area (Å²) >= 11 is 3.09. The van der Waals surface area contributed by atoms with E-state index in [4.69, 9.17) is 0 Å². The van der Waals surface area contributed by atoms with Crippen molar-refractivity contribution >= 4 is 32.5 Å². The van der Waals surface area contributed by atoms with E-state index in [1.807, 2.05) is 52.5 Å². The second-order valence-electron chi connectivity index (χ2n) is 4.67. The van der Waals surface area contributed by atoms with Gasteiger partial charge in [-0.2, -0.15) is 11.3 Å². The van der Waals surface area contributed by atoms with Crippen LogP contribution >= 0.6 is 22.7 Å². The zero-order valence-electron chi connectivity index (χ0n) is 11.1. The molecule has 0 aliphatic heterocycles. The highest BCUT2D eigenvalue weighted by Crippen LogP contribution is 2.26. The first-order chi connectivity index (χ1) is 10.1. The van der Waals surface area contributed by atoms with Crippen LogP contribution in [0.3, 0.4) is 0 Å². The molecule has 0 atom stereocenters. The first kappa shape index (κ1) is 14.4. The number of thiazole rings is 1. The molecule has 0 unspecified atom stereocenters. The first-order valence-electron chi connectivity index (χ1n) is 6.34. The summed E-state index contributed by atoms with van der Waals surface area (Å²) in [5, 5.41) is 6.71. The van der Waals surface area contributed by atoms with E-state index in [2.05, 4.69) is 4.98 Å². The Kier molecular flexibility index (Phi) is 4.19. The topological polar surface area (TPSA) is 47.0 Å². The number of hydrogen-bond acceptors (Lipinski definition) is 5. The van der Waals surface area contributed by atoms with Crippen molar-refractivity contribution < 1.29 is 8.42 Å². The lowest BCUT2D eigenvalue weighted by atomic mass is 10.2. The Hall–Kier alpha value is -1.50. The largest absolute Gasteiger partial charge is 0.240 e. The van der Waals surface area contributed by atoms with E-state index in [0.29, 0.717) is 5.69 Å². The molecule has 21 heavy (non-hydrogen) atoms. The van der Waals surface area contributed by atoms with E-state index in [1.165, 1.54) is 11.3 Å². The second kappa shape index (κ2) is 6.09. The van der Waals surface area contributed by atoms with Crippen molar-refractivity contribution in [2.24, 2.45) is 0 Å². The molecule has 1 aromatic carbocycles. The maximum atomic E-state index is 12.2. The molecule has 0 radical (unpaired) electrons. The summed E-state index contributed by atoms with van der Waals surface area (Å²) in [7, 11) is -3.20. The molecule has 3 aromatic rings. The molecule has 3 rings (SSSR count). The van der Waals surface area contributed by atoms with Gasteiger partial charge in [-0.3, -0.25) is 0 Å². The highest BCUT2D eigenvalue weighted by molar-refractivity contribution is 7.89. The number of benzene rings is 1. The van der Waals surface area contributed by atoms with Crippen molar-refractivity contribution in [3.05, 3.63) is 63.8 Å². The molecular weight excluding hydrogens is 322 g/mol. The van der Waals surface area contributed by atoms with Crippen LogP contribution in [0.15, 0.2) is 52.5 Å². The average molecular weight is 335 g/mol. The molecule has 0 aliphatic carbocycles. The van der Waals surface area contributed by atoms with E-state index < -0.39 is 9.84 Å². The Labute approximate surface area is 131 Å². The first-order valence-corrected chi connectivity index (χ1v) is 9.98. The summed E-state index contributed by atoms with van der Waals surface area (Å²) < 4.78 is 24.5. The van der Waals surface area contributed by atoms with Crippen LogP contribution in [0.5, 0.6) is 0 Å². The van der Waals surface area contributed by atoms with Crippen molar-refractivity contribution in [1.29, 1.82) is 0 Å². The maximum Gasteiger partial charge on any atom is 0.160 e. The number of sulfone groups is 1. The zero-order valence-corrected chi connectivity index (χ0v) is 13.5. The SMILES string of the molecule is O=S(=O)(Cc1ccccc1)Cc1csc(-c2ccsc2)n1. The molecular formula is C15H13NO2S3. The van der Waals surface area contributed by atoms with Gasteiger partial charge in [0.05, 0.1) is 17.2 Å². The predicted molar refractivity (Wildman–Crippen MR) is 88.2 cm³/mol. The summed E-state index contributed by atoms with van der Waals surface area (Å²) in [6.45, 7) is 0. The van der Waals surface area contributed by atoms with Crippen LogP contribution in [0, 0.1) is 0 Å². The van der Waals surface area contributed by atoms with Crippen LogP contribution in [-0.4, -0.2) is 13.4 Å². The number of rotatable bonds is 5. The van der Waals surface area contributed by atoms with Crippen molar-refractivity contribution in [3.63, 3.8) is 0 Å². The maximum absolute atomic E-state index is 12.2.